The minimum Gasteiger partial charge on any atom is -0.504 e. The molecule has 84 valence electrons. The molecule has 0 spiro atoms. The molecule has 0 unspecified atom stereocenters. The Morgan fingerprint density at radius 3 is 2.62 bits per heavy atom. The molecule has 16 heavy (non-hydrogen) atoms. The maximum Gasteiger partial charge on any atom is 0.175 e. The number of phenolic OH excluding ortho intramolecular Hbond substituents is 1. The fourth-order valence-electron chi connectivity index (χ4n) is 1.22. The number of aromatic hydroxyl groups is 1. The van der Waals surface area contributed by atoms with Crippen LogP contribution in [0.5, 0.6) is 5.75 Å². The summed E-state index contributed by atoms with van der Waals surface area (Å²) < 4.78 is 31.3. The standard InChI is InChI=1S/C9H5BrF2N2O2/c10-3-1-4(11)9(15)7(8(3)12)5-2-6(13)14-16-5/h1-2,15H,(H2,13,14). The molecule has 0 saturated heterocycles. The summed E-state index contributed by atoms with van der Waals surface area (Å²) in [5, 5.41) is 12.7. The minimum atomic E-state index is -0.974. The molecule has 0 bridgehead atoms. The van der Waals surface area contributed by atoms with Crippen LogP contribution in [-0.4, -0.2) is 10.3 Å². The summed E-state index contributed by atoms with van der Waals surface area (Å²) in [5.74, 6) is -2.81. The number of aromatic nitrogens is 1. The van der Waals surface area contributed by atoms with Crippen molar-refractivity contribution < 1.29 is 18.4 Å². The van der Waals surface area contributed by atoms with Crippen molar-refractivity contribution in [2.24, 2.45) is 0 Å². The van der Waals surface area contributed by atoms with E-state index in [1.54, 1.807) is 0 Å². The van der Waals surface area contributed by atoms with Gasteiger partial charge in [-0.25, -0.2) is 8.78 Å². The van der Waals surface area contributed by atoms with E-state index in [4.69, 9.17) is 5.73 Å². The van der Waals surface area contributed by atoms with Crippen LogP contribution < -0.4 is 5.73 Å². The lowest BCUT2D eigenvalue weighted by molar-refractivity contribution is 0.410. The SMILES string of the molecule is Nc1cc(-c2c(O)c(F)cc(Br)c2F)on1. The van der Waals surface area contributed by atoms with Gasteiger partial charge in [-0.15, -0.1) is 0 Å². The molecule has 1 aromatic carbocycles. The van der Waals surface area contributed by atoms with Crippen molar-refractivity contribution in [3.63, 3.8) is 0 Å². The molecular formula is C9H5BrF2N2O2. The van der Waals surface area contributed by atoms with Gasteiger partial charge in [0.15, 0.2) is 29.0 Å². The molecule has 0 radical (unpaired) electrons. The third-order valence-corrected chi connectivity index (χ3v) is 2.50. The van der Waals surface area contributed by atoms with Crippen LogP contribution >= 0.6 is 15.9 Å². The zero-order chi connectivity index (χ0) is 11.9. The summed E-state index contributed by atoms with van der Waals surface area (Å²) in [4.78, 5) is 0. The molecule has 3 N–H and O–H groups in total. The number of hydrogen-bond donors (Lipinski definition) is 2. The highest BCUT2D eigenvalue weighted by molar-refractivity contribution is 9.10. The number of phenols is 1. The van der Waals surface area contributed by atoms with Gasteiger partial charge in [0, 0.05) is 6.07 Å². The first-order chi connectivity index (χ1) is 7.50. The second kappa shape index (κ2) is 3.75. The fourth-order valence-corrected chi connectivity index (χ4v) is 1.62. The molecule has 0 aliphatic heterocycles. The van der Waals surface area contributed by atoms with E-state index in [0.29, 0.717) is 0 Å². The highest BCUT2D eigenvalue weighted by Gasteiger charge is 2.21. The van der Waals surface area contributed by atoms with E-state index >= 15 is 0 Å². The molecule has 2 aromatic rings. The monoisotopic (exact) mass is 290 g/mol. The number of nitrogen functional groups attached to an aromatic ring is 1. The van der Waals surface area contributed by atoms with E-state index in [-0.39, 0.29) is 16.1 Å². The fraction of sp³-hybridized carbons (Fsp3) is 0. The van der Waals surface area contributed by atoms with Gasteiger partial charge in [-0.1, -0.05) is 5.16 Å². The minimum absolute atomic E-state index is 0.00850. The van der Waals surface area contributed by atoms with E-state index in [1.807, 2.05) is 0 Å². The Morgan fingerprint density at radius 1 is 1.38 bits per heavy atom. The zero-order valence-electron chi connectivity index (χ0n) is 7.67. The molecule has 0 aliphatic carbocycles. The van der Waals surface area contributed by atoms with Gasteiger partial charge in [0.2, 0.25) is 0 Å². The summed E-state index contributed by atoms with van der Waals surface area (Å²) in [5.41, 5.74) is 4.86. The van der Waals surface area contributed by atoms with Gasteiger partial charge < -0.3 is 15.4 Å². The Bertz CT molecular complexity index is 530. The van der Waals surface area contributed by atoms with Crippen molar-refractivity contribution in [1.29, 1.82) is 0 Å². The summed E-state index contributed by atoms with van der Waals surface area (Å²) in [6.07, 6.45) is 0. The van der Waals surface area contributed by atoms with E-state index in [9.17, 15) is 13.9 Å². The maximum atomic E-state index is 13.6. The molecule has 0 fully saturated rings. The largest absolute Gasteiger partial charge is 0.504 e. The summed E-state index contributed by atoms with van der Waals surface area (Å²) in [6, 6.07) is 2.00. The van der Waals surface area contributed by atoms with Gasteiger partial charge in [0.1, 0.15) is 5.56 Å². The van der Waals surface area contributed by atoms with Crippen LogP contribution in [0.15, 0.2) is 21.1 Å². The Balaban J connectivity index is 2.73. The number of hydrogen-bond acceptors (Lipinski definition) is 4. The van der Waals surface area contributed by atoms with Crippen molar-refractivity contribution >= 4 is 21.7 Å². The summed E-state index contributed by atoms with van der Waals surface area (Å²) >= 11 is 2.82. The van der Waals surface area contributed by atoms with Crippen LogP contribution in [0.4, 0.5) is 14.6 Å². The first kappa shape index (κ1) is 10.9. The smallest absolute Gasteiger partial charge is 0.175 e. The first-order valence-electron chi connectivity index (χ1n) is 4.09. The number of anilines is 1. The Labute approximate surface area is 96.8 Å². The summed E-state index contributed by atoms with van der Waals surface area (Å²) in [7, 11) is 0. The molecule has 1 heterocycles. The number of rotatable bonds is 1. The Morgan fingerprint density at radius 2 is 2.06 bits per heavy atom. The third-order valence-electron chi connectivity index (χ3n) is 1.92. The normalized spacial score (nSPS) is 10.7. The van der Waals surface area contributed by atoms with Crippen molar-refractivity contribution in [1.82, 2.24) is 5.16 Å². The van der Waals surface area contributed by atoms with Gasteiger partial charge in [0.05, 0.1) is 4.47 Å². The lowest BCUT2D eigenvalue weighted by atomic mass is 10.1. The molecule has 7 heteroatoms. The van der Waals surface area contributed by atoms with E-state index in [1.165, 1.54) is 6.07 Å². The average Bonchev–Trinajstić information content (AvgIpc) is 2.62. The van der Waals surface area contributed by atoms with Crippen molar-refractivity contribution in [3.8, 4) is 17.1 Å². The first-order valence-corrected chi connectivity index (χ1v) is 4.89. The van der Waals surface area contributed by atoms with E-state index in [0.717, 1.165) is 6.07 Å². The molecule has 0 aliphatic rings. The quantitative estimate of drug-likeness (QED) is 0.792. The highest BCUT2D eigenvalue weighted by Crippen LogP contribution is 2.38. The van der Waals surface area contributed by atoms with Crippen molar-refractivity contribution in [2.75, 3.05) is 5.73 Å². The van der Waals surface area contributed by atoms with Crippen LogP contribution in [0.25, 0.3) is 11.3 Å². The van der Waals surface area contributed by atoms with E-state index < -0.39 is 22.9 Å². The maximum absolute atomic E-state index is 13.6. The molecule has 1 aromatic heterocycles. The van der Waals surface area contributed by atoms with Crippen molar-refractivity contribution in [2.45, 2.75) is 0 Å². The van der Waals surface area contributed by atoms with Crippen LogP contribution in [0.2, 0.25) is 0 Å². The lowest BCUT2D eigenvalue weighted by Gasteiger charge is -2.05. The number of halogens is 3. The third kappa shape index (κ3) is 1.63. The zero-order valence-corrected chi connectivity index (χ0v) is 9.25. The van der Waals surface area contributed by atoms with Gasteiger partial charge in [-0.2, -0.15) is 0 Å². The van der Waals surface area contributed by atoms with Crippen LogP contribution in [0, 0.1) is 11.6 Å². The van der Waals surface area contributed by atoms with E-state index in [2.05, 4.69) is 25.6 Å². The molecule has 2 rings (SSSR count). The second-order valence-electron chi connectivity index (χ2n) is 2.99. The molecule has 0 saturated carbocycles. The molecule has 0 atom stereocenters. The van der Waals surface area contributed by atoms with Gasteiger partial charge in [-0.05, 0) is 22.0 Å². The number of nitrogens with two attached hydrogens (primary N) is 1. The molecule has 0 amide bonds. The molecule has 4 nitrogen and oxygen atoms in total. The number of benzene rings is 1. The van der Waals surface area contributed by atoms with Gasteiger partial charge >= 0.3 is 0 Å². The van der Waals surface area contributed by atoms with Crippen LogP contribution in [0.1, 0.15) is 0 Å². The number of nitrogens with zero attached hydrogens (tertiary/aromatic N) is 1. The average molecular weight is 291 g/mol. The predicted octanol–water partition coefficient (Wildman–Crippen LogP) is 2.67. The van der Waals surface area contributed by atoms with Gasteiger partial charge in [-0.3, -0.25) is 0 Å². The summed E-state index contributed by atoms with van der Waals surface area (Å²) in [6.45, 7) is 0. The van der Waals surface area contributed by atoms with Crippen molar-refractivity contribution in [3.05, 3.63) is 28.2 Å². The Hall–Kier alpha value is -1.63. The second-order valence-corrected chi connectivity index (χ2v) is 3.85. The topological polar surface area (TPSA) is 72.3 Å². The Kier molecular flexibility index (Phi) is 2.55. The molecular weight excluding hydrogens is 286 g/mol. The lowest BCUT2D eigenvalue weighted by Crippen LogP contribution is -1.89. The predicted molar refractivity (Wildman–Crippen MR) is 55.6 cm³/mol. The van der Waals surface area contributed by atoms with Gasteiger partial charge in [0.25, 0.3) is 0 Å². The van der Waals surface area contributed by atoms with Crippen LogP contribution in [0.3, 0.4) is 0 Å². The highest BCUT2D eigenvalue weighted by atomic mass is 79.9. The van der Waals surface area contributed by atoms with Crippen LogP contribution in [-0.2, 0) is 0 Å².